The van der Waals surface area contributed by atoms with Gasteiger partial charge in [0.05, 0.1) is 13.4 Å². The van der Waals surface area contributed by atoms with Gasteiger partial charge in [0.15, 0.2) is 11.4 Å². The van der Waals surface area contributed by atoms with Crippen LogP contribution in [0.25, 0.3) is 0 Å². The topological polar surface area (TPSA) is 104 Å². The second-order valence-corrected chi connectivity index (χ2v) is 4.29. The highest BCUT2D eigenvalue weighted by molar-refractivity contribution is 6.02. The van der Waals surface area contributed by atoms with Crippen LogP contribution in [0.3, 0.4) is 0 Å². The molecule has 2 rings (SSSR count). The van der Waals surface area contributed by atoms with Gasteiger partial charge in [0, 0.05) is 6.54 Å². The van der Waals surface area contributed by atoms with Gasteiger partial charge >= 0.3 is 5.97 Å². The first kappa shape index (κ1) is 14.6. The lowest BCUT2D eigenvalue weighted by atomic mass is 10.1. The molecule has 3 N–H and O–H groups in total. The number of benzene rings is 1. The van der Waals surface area contributed by atoms with Crippen molar-refractivity contribution < 1.29 is 19.4 Å². The number of hydrogen-bond acceptors (Lipinski definition) is 4. The molecule has 0 aliphatic rings. The Kier molecular flexibility index (Phi) is 4.55. The SMILES string of the molecule is COc1ccc(CCNC(=O)c2nc[nH]c2C(=O)O)cc1. The second-order valence-electron chi connectivity index (χ2n) is 4.29. The van der Waals surface area contributed by atoms with Gasteiger partial charge < -0.3 is 20.1 Å². The number of carbonyl (C=O) groups is 2. The molecule has 2 aromatic rings. The van der Waals surface area contributed by atoms with Crippen molar-refractivity contribution >= 4 is 11.9 Å². The van der Waals surface area contributed by atoms with E-state index in [0.717, 1.165) is 11.3 Å². The molecule has 0 atom stereocenters. The number of methoxy groups -OCH3 is 1. The summed E-state index contributed by atoms with van der Waals surface area (Å²) in [5.41, 5.74) is 0.714. The lowest BCUT2D eigenvalue weighted by Crippen LogP contribution is -2.27. The fourth-order valence-electron chi connectivity index (χ4n) is 1.83. The smallest absolute Gasteiger partial charge is 0.354 e. The van der Waals surface area contributed by atoms with Crippen LogP contribution in [0, 0.1) is 0 Å². The third-order valence-electron chi connectivity index (χ3n) is 2.93. The van der Waals surface area contributed by atoms with E-state index in [0.29, 0.717) is 13.0 Å². The van der Waals surface area contributed by atoms with Gasteiger partial charge in [0.2, 0.25) is 0 Å². The van der Waals surface area contributed by atoms with E-state index in [-0.39, 0.29) is 11.4 Å². The quantitative estimate of drug-likeness (QED) is 0.738. The molecule has 7 heteroatoms. The fraction of sp³-hybridized carbons (Fsp3) is 0.214. The van der Waals surface area contributed by atoms with E-state index < -0.39 is 11.9 Å². The summed E-state index contributed by atoms with van der Waals surface area (Å²) < 4.78 is 5.06. The predicted molar refractivity (Wildman–Crippen MR) is 74.6 cm³/mol. The first-order valence-corrected chi connectivity index (χ1v) is 6.29. The zero-order valence-corrected chi connectivity index (χ0v) is 11.4. The maximum Gasteiger partial charge on any atom is 0.354 e. The highest BCUT2D eigenvalue weighted by atomic mass is 16.5. The fourth-order valence-corrected chi connectivity index (χ4v) is 1.83. The number of carboxylic acid groups (broad SMARTS) is 1. The first-order chi connectivity index (χ1) is 10.1. The summed E-state index contributed by atoms with van der Waals surface area (Å²) in [4.78, 5) is 28.9. The molecule has 1 aromatic heterocycles. The monoisotopic (exact) mass is 289 g/mol. The van der Waals surface area contributed by atoms with Crippen LogP contribution in [0.4, 0.5) is 0 Å². The van der Waals surface area contributed by atoms with Crippen molar-refractivity contribution in [2.75, 3.05) is 13.7 Å². The minimum absolute atomic E-state index is 0.114. The maximum absolute atomic E-state index is 11.8. The first-order valence-electron chi connectivity index (χ1n) is 6.29. The molecule has 1 heterocycles. The summed E-state index contributed by atoms with van der Waals surface area (Å²) in [5, 5.41) is 11.5. The largest absolute Gasteiger partial charge is 0.497 e. The van der Waals surface area contributed by atoms with Gasteiger partial charge in [0.25, 0.3) is 5.91 Å². The van der Waals surface area contributed by atoms with Gasteiger partial charge in [-0.05, 0) is 24.1 Å². The number of hydrogen-bond donors (Lipinski definition) is 3. The van der Waals surface area contributed by atoms with E-state index in [4.69, 9.17) is 9.84 Å². The zero-order chi connectivity index (χ0) is 15.2. The zero-order valence-electron chi connectivity index (χ0n) is 11.4. The number of nitrogens with zero attached hydrogens (tertiary/aromatic N) is 1. The van der Waals surface area contributed by atoms with Crippen LogP contribution >= 0.6 is 0 Å². The number of aromatic carboxylic acids is 1. The molecule has 110 valence electrons. The van der Waals surface area contributed by atoms with Crippen molar-refractivity contribution in [1.82, 2.24) is 15.3 Å². The predicted octanol–water partition coefficient (Wildman–Crippen LogP) is 1.09. The number of ether oxygens (including phenoxy) is 1. The molecular formula is C14H15N3O4. The van der Waals surface area contributed by atoms with Gasteiger partial charge in [0.1, 0.15) is 5.75 Å². The Hall–Kier alpha value is -2.83. The van der Waals surface area contributed by atoms with Gasteiger partial charge in [-0.15, -0.1) is 0 Å². The van der Waals surface area contributed by atoms with Gasteiger partial charge in [-0.2, -0.15) is 0 Å². The average Bonchev–Trinajstić information content (AvgIpc) is 2.97. The molecule has 0 bridgehead atoms. The second kappa shape index (κ2) is 6.56. The number of nitrogens with one attached hydrogen (secondary N) is 2. The molecule has 0 spiro atoms. The van der Waals surface area contributed by atoms with Crippen LogP contribution < -0.4 is 10.1 Å². The standard InChI is InChI=1S/C14H15N3O4/c1-21-10-4-2-9(3-5-10)6-7-15-13(18)11-12(14(19)20)17-8-16-11/h2-5,8H,6-7H2,1H3,(H,15,18)(H,16,17)(H,19,20). The third-order valence-corrected chi connectivity index (χ3v) is 2.93. The summed E-state index contributed by atoms with van der Waals surface area (Å²) in [7, 11) is 1.60. The van der Waals surface area contributed by atoms with Crippen molar-refractivity contribution in [1.29, 1.82) is 0 Å². The van der Waals surface area contributed by atoms with Crippen LogP contribution in [-0.4, -0.2) is 40.6 Å². The Labute approximate surface area is 121 Å². The molecule has 0 aliphatic carbocycles. The van der Waals surface area contributed by atoms with Gasteiger partial charge in [-0.3, -0.25) is 4.79 Å². The van der Waals surface area contributed by atoms with Crippen LogP contribution in [-0.2, 0) is 6.42 Å². The van der Waals surface area contributed by atoms with Gasteiger partial charge in [-0.25, -0.2) is 9.78 Å². The molecule has 0 saturated carbocycles. The number of aromatic nitrogens is 2. The molecule has 1 amide bonds. The number of rotatable bonds is 6. The summed E-state index contributed by atoms with van der Waals surface area (Å²) in [6.45, 7) is 0.386. The summed E-state index contributed by atoms with van der Waals surface area (Å²) in [5.74, 6) is -0.958. The Balaban J connectivity index is 1.89. The lowest BCUT2D eigenvalue weighted by Gasteiger charge is -2.05. The molecule has 0 fully saturated rings. The molecule has 1 aromatic carbocycles. The Bertz CT molecular complexity index is 634. The molecule has 0 unspecified atom stereocenters. The van der Waals surface area contributed by atoms with E-state index >= 15 is 0 Å². The maximum atomic E-state index is 11.8. The highest BCUT2D eigenvalue weighted by Crippen LogP contribution is 2.11. The normalized spacial score (nSPS) is 10.1. The van der Waals surface area contributed by atoms with Crippen molar-refractivity contribution in [3.05, 3.63) is 47.5 Å². The minimum atomic E-state index is -1.21. The van der Waals surface area contributed by atoms with Gasteiger partial charge in [-0.1, -0.05) is 12.1 Å². The number of aromatic amines is 1. The minimum Gasteiger partial charge on any atom is -0.497 e. The molecule has 0 saturated heterocycles. The molecular weight excluding hydrogens is 274 g/mol. The summed E-state index contributed by atoms with van der Waals surface area (Å²) in [6, 6.07) is 7.49. The van der Waals surface area contributed by atoms with Crippen molar-refractivity contribution in [3.8, 4) is 5.75 Å². The van der Waals surface area contributed by atoms with Crippen molar-refractivity contribution in [2.24, 2.45) is 0 Å². The number of H-pyrrole nitrogens is 1. The number of carboxylic acids is 1. The van der Waals surface area contributed by atoms with E-state index in [2.05, 4.69) is 15.3 Å². The Morgan fingerprint density at radius 1 is 1.33 bits per heavy atom. The Morgan fingerprint density at radius 2 is 2.05 bits per heavy atom. The molecule has 21 heavy (non-hydrogen) atoms. The molecule has 0 aliphatic heterocycles. The van der Waals surface area contributed by atoms with E-state index in [1.165, 1.54) is 6.33 Å². The van der Waals surface area contributed by atoms with Crippen molar-refractivity contribution in [3.63, 3.8) is 0 Å². The third kappa shape index (κ3) is 3.59. The summed E-state index contributed by atoms with van der Waals surface area (Å²) in [6.07, 6.45) is 1.81. The molecule has 0 radical (unpaired) electrons. The van der Waals surface area contributed by atoms with E-state index in [9.17, 15) is 9.59 Å². The average molecular weight is 289 g/mol. The number of amides is 1. The van der Waals surface area contributed by atoms with Crippen LogP contribution in [0.5, 0.6) is 5.75 Å². The highest BCUT2D eigenvalue weighted by Gasteiger charge is 2.18. The van der Waals surface area contributed by atoms with E-state index in [1.54, 1.807) is 7.11 Å². The lowest BCUT2D eigenvalue weighted by molar-refractivity contribution is 0.0685. The summed E-state index contributed by atoms with van der Waals surface area (Å²) >= 11 is 0. The van der Waals surface area contributed by atoms with E-state index in [1.807, 2.05) is 24.3 Å². The van der Waals surface area contributed by atoms with Crippen molar-refractivity contribution in [2.45, 2.75) is 6.42 Å². The number of carbonyl (C=O) groups excluding carboxylic acids is 1. The molecule has 7 nitrogen and oxygen atoms in total. The number of imidazole rings is 1. The van der Waals surface area contributed by atoms with Crippen LogP contribution in [0.2, 0.25) is 0 Å². The van der Waals surface area contributed by atoms with Crippen LogP contribution in [0.15, 0.2) is 30.6 Å². The Morgan fingerprint density at radius 3 is 2.67 bits per heavy atom. The van der Waals surface area contributed by atoms with Crippen LogP contribution in [0.1, 0.15) is 26.5 Å².